The number of unbranched alkanes of at least 4 members (excludes halogenated alkanes) is 12. The summed E-state index contributed by atoms with van der Waals surface area (Å²) in [6.07, 6.45) is 17.8. The lowest BCUT2D eigenvalue weighted by molar-refractivity contribution is 0.147. The van der Waals surface area contributed by atoms with Crippen LogP contribution in [-0.4, -0.2) is 29.9 Å². The van der Waals surface area contributed by atoms with Gasteiger partial charge in [-0.25, -0.2) is 0 Å². The third-order valence-electron chi connectivity index (χ3n) is 4.58. The van der Waals surface area contributed by atoms with Crippen molar-refractivity contribution in [2.45, 2.75) is 116 Å². The molecule has 0 amide bonds. The molecule has 0 rings (SSSR count). The van der Waals surface area contributed by atoms with E-state index >= 15 is 0 Å². The molecule has 0 spiro atoms. The van der Waals surface area contributed by atoms with Crippen LogP contribution in [0.2, 0.25) is 0 Å². The van der Waals surface area contributed by atoms with Gasteiger partial charge in [-0.3, -0.25) is 4.55 Å². The van der Waals surface area contributed by atoms with Gasteiger partial charge in [0.1, 0.15) is 0 Å². The van der Waals surface area contributed by atoms with Crippen molar-refractivity contribution >= 4 is 10.1 Å². The van der Waals surface area contributed by atoms with E-state index in [1.807, 2.05) is 0 Å². The summed E-state index contributed by atoms with van der Waals surface area (Å²) < 4.78 is 29.7. The van der Waals surface area contributed by atoms with Gasteiger partial charge in [0, 0.05) is 0 Å². The van der Waals surface area contributed by atoms with Gasteiger partial charge in [0.25, 0.3) is 10.1 Å². The van der Waals surface area contributed by atoms with Gasteiger partial charge >= 0.3 is 0 Å². The number of aliphatic hydroxyl groups is 1. The largest absolute Gasteiger partial charge is 0.393 e. The van der Waals surface area contributed by atoms with E-state index in [1.54, 1.807) is 0 Å². The molecule has 0 saturated carbocycles. The molecule has 0 bridgehead atoms. The van der Waals surface area contributed by atoms with Gasteiger partial charge in [0.15, 0.2) is 0 Å². The minimum absolute atomic E-state index is 0.102. The lowest BCUT2D eigenvalue weighted by Gasteiger charge is -2.10. The topological polar surface area (TPSA) is 74.6 Å². The first-order chi connectivity index (χ1) is 11.5. The molecule has 5 heteroatoms. The molecule has 0 fully saturated rings. The van der Waals surface area contributed by atoms with Crippen LogP contribution in [0.15, 0.2) is 0 Å². The van der Waals surface area contributed by atoms with E-state index in [0.717, 1.165) is 38.5 Å². The van der Waals surface area contributed by atoms with Crippen LogP contribution in [0.4, 0.5) is 0 Å². The van der Waals surface area contributed by atoms with Gasteiger partial charge in [-0.05, 0) is 19.3 Å². The monoisotopic (exact) mass is 364 g/mol. The van der Waals surface area contributed by atoms with Gasteiger partial charge in [-0.2, -0.15) is 8.42 Å². The summed E-state index contributed by atoms with van der Waals surface area (Å²) in [6.45, 7) is 2.22. The van der Waals surface area contributed by atoms with E-state index in [1.165, 1.54) is 57.8 Å². The first-order valence-corrected chi connectivity index (χ1v) is 11.7. The van der Waals surface area contributed by atoms with Gasteiger partial charge in [0.05, 0.1) is 11.9 Å². The van der Waals surface area contributed by atoms with Crippen molar-refractivity contribution in [1.29, 1.82) is 0 Å². The molecule has 0 aromatic heterocycles. The highest BCUT2D eigenvalue weighted by Gasteiger charge is 2.04. The first-order valence-electron chi connectivity index (χ1n) is 10.1. The minimum Gasteiger partial charge on any atom is -0.393 e. The van der Waals surface area contributed by atoms with Crippen LogP contribution in [-0.2, 0) is 10.1 Å². The van der Waals surface area contributed by atoms with Gasteiger partial charge in [-0.1, -0.05) is 90.4 Å². The second-order valence-corrected chi connectivity index (χ2v) is 8.69. The predicted octanol–water partition coefficient (Wildman–Crippen LogP) is 5.50. The van der Waals surface area contributed by atoms with Gasteiger partial charge < -0.3 is 5.11 Å². The Labute approximate surface area is 150 Å². The normalized spacial score (nSPS) is 13.3. The SMILES string of the molecule is CCCCCCCC(O)CCCCCCCCCCCS(=O)(=O)O. The Morgan fingerprint density at radius 2 is 1.04 bits per heavy atom. The fourth-order valence-corrected chi connectivity index (χ4v) is 3.60. The van der Waals surface area contributed by atoms with Crippen LogP contribution in [0.3, 0.4) is 0 Å². The van der Waals surface area contributed by atoms with Crippen molar-refractivity contribution in [1.82, 2.24) is 0 Å². The first kappa shape index (κ1) is 23.9. The van der Waals surface area contributed by atoms with Crippen LogP contribution in [0.1, 0.15) is 110 Å². The number of hydrogen-bond donors (Lipinski definition) is 2. The Bertz CT molecular complexity index is 354. The Morgan fingerprint density at radius 3 is 1.46 bits per heavy atom. The highest BCUT2D eigenvalue weighted by Crippen LogP contribution is 2.14. The average molecular weight is 365 g/mol. The molecule has 0 saturated heterocycles. The predicted molar refractivity (Wildman–Crippen MR) is 102 cm³/mol. The average Bonchev–Trinajstić information content (AvgIpc) is 2.51. The third kappa shape index (κ3) is 19.9. The van der Waals surface area contributed by atoms with Crippen LogP contribution < -0.4 is 0 Å². The molecule has 0 aliphatic carbocycles. The van der Waals surface area contributed by atoms with Crippen LogP contribution in [0.25, 0.3) is 0 Å². The van der Waals surface area contributed by atoms with Gasteiger partial charge in [0.2, 0.25) is 0 Å². The molecule has 24 heavy (non-hydrogen) atoms. The van der Waals surface area contributed by atoms with Crippen molar-refractivity contribution in [3.05, 3.63) is 0 Å². The molecule has 0 radical (unpaired) electrons. The Morgan fingerprint density at radius 1 is 0.667 bits per heavy atom. The fourth-order valence-electron chi connectivity index (χ4n) is 3.03. The number of rotatable bonds is 18. The van der Waals surface area contributed by atoms with Crippen molar-refractivity contribution in [2.24, 2.45) is 0 Å². The maximum atomic E-state index is 10.6. The van der Waals surface area contributed by atoms with E-state index in [2.05, 4.69) is 6.92 Å². The summed E-state index contributed by atoms with van der Waals surface area (Å²) in [6, 6.07) is 0. The Balaban J connectivity index is 3.19. The van der Waals surface area contributed by atoms with Crippen LogP contribution >= 0.6 is 0 Å². The van der Waals surface area contributed by atoms with Crippen molar-refractivity contribution in [3.8, 4) is 0 Å². The van der Waals surface area contributed by atoms with Gasteiger partial charge in [-0.15, -0.1) is 0 Å². The smallest absolute Gasteiger partial charge is 0.264 e. The number of aliphatic hydroxyl groups excluding tert-OH is 1. The zero-order valence-electron chi connectivity index (χ0n) is 15.7. The van der Waals surface area contributed by atoms with E-state index in [4.69, 9.17) is 4.55 Å². The number of hydrogen-bond acceptors (Lipinski definition) is 3. The maximum absolute atomic E-state index is 10.6. The molecule has 0 aliphatic rings. The molecular formula is C19H40O4S. The molecule has 4 nitrogen and oxygen atoms in total. The standard InChI is InChI=1S/C19H40O4S/c1-2-3-4-10-13-16-19(20)17-14-11-8-6-5-7-9-12-15-18-24(21,22)23/h19-20H,2-18H2,1H3,(H,21,22,23). The van der Waals surface area contributed by atoms with E-state index in [9.17, 15) is 13.5 Å². The van der Waals surface area contributed by atoms with Crippen molar-refractivity contribution in [2.75, 3.05) is 5.75 Å². The molecule has 0 aromatic rings. The lowest BCUT2D eigenvalue weighted by atomic mass is 10.0. The molecule has 146 valence electrons. The molecule has 1 unspecified atom stereocenters. The summed E-state index contributed by atoms with van der Waals surface area (Å²) in [7, 11) is -3.77. The summed E-state index contributed by atoms with van der Waals surface area (Å²) in [4.78, 5) is 0. The third-order valence-corrected chi connectivity index (χ3v) is 5.39. The van der Waals surface area contributed by atoms with Crippen LogP contribution in [0, 0.1) is 0 Å². The molecule has 0 aliphatic heterocycles. The van der Waals surface area contributed by atoms with Crippen molar-refractivity contribution < 1.29 is 18.1 Å². The zero-order valence-corrected chi connectivity index (χ0v) is 16.5. The fraction of sp³-hybridized carbons (Fsp3) is 1.00. The maximum Gasteiger partial charge on any atom is 0.264 e. The highest BCUT2D eigenvalue weighted by atomic mass is 32.2. The van der Waals surface area contributed by atoms with E-state index in [-0.39, 0.29) is 11.9 Å². The zero-order chi connectivity index (χ0) is 18.1. The van der Waals surface area contributed by atoms with E-state index in [0.29, 0.717) is 6.42 Å². The van der Waals surface area contributed by atoms with Crippen LogP contribution in [0.5, 0.6) is 0 Å². The molecule has 0 heterocycles. The quantitative estimate of drug-likeness (QED) is 0.249. The molecule has 1 atom stereocenters. The van der Waals surface area contributed by atoms with E-state index < -0.39 is 10.1 Å². The Kier molecular flexibility index (Phi) is 16.3. The molecule has 2 N–H and O–H groups in total. The molecule has 0 aromatic carbocycles. The summed E-state index contributed by atoms with van der Waals surface area (Å²) in [5.74, 6) is -0.103. The van der Waals surface area contributed by atoms with Crippen molar-refractivity contribution in [3.63, 3.8) is 0 Å². The Hall–Kier alpha value is -0.130. The second kappa shape index (κ2) is 16.3. The lowest BCUT2D eigenvalue weighted by Crippen LogP contribution is -2.05. The minimum atomic E-state index is -3.77. The second-order valence-electron chi connectivity index (χ2n) is 7.11. The summed E-state index contributed by atoms with van der Waals surface area (Å²) in [5, 5.41) is 9.93. The summed E-state index contributed by atoms with van der Waals surface area (Å²) in [5.41, 5.74) is 0. The molecular weight excluding hydrogens is 324 g/mol. The highest BCUT2D eigenvalue weighted by molar-refractivity contribution is 7.85. The summed E-state index contributed by atoms with van der Waals surface area (Å²) >= 11 is 0.